The Morgan fingerprint density at radius 1 is 1.50 bits per heavy atom. The predicted octanol–water partition coefficient (Wildman–Crippen LogP) is 1.43. The highest BCUT2D eigenvalue weighted by Crippen LogP contribution is 2.13. The number of hydrogen-bond donors (Lipinski definition) is 1. The van der Waals surface area contributed by atoms with E-state index in [1.807, 2.05) is 0 Å². The van der Waals surface area contributed by atoms with E-state index in [9.17, 15) is 4.39 Å². The van der Waals surface area contributed by atoms with Crippen LogP contribution in [0.4, 0.5) is 4.39 Å². The van der Waals surface area contributed by atoms with Crippen LogP contribution in [-0.2, 0) is 0 Å². The quantitative estimate of drug-likeness (QED) is 0.441. The largest absolute Gasteiger partial charge is 0.302 e. The summed E-state index contributed by atoms with van der Waals surface area (Å²) in [5, 5.41) is 2.97. The van der Waals surface area contributed by atoms with Crippen molar-refractivity contribution in [2.45, 2.75) is 24.0 Å². The molecule has 1 heterocycles. The van der Waals surface area contributed by atoms with Crippen molar-refractivity contribution in [3.05, 3.63) is 0 Å². The number of hydrogen-bond acceptors (Lipinski definition) is 1. The van der Waals surface area contributed by atoms with Crippen LogP contribution in [0.3, 0.4) is 0 Å². The fourth-order valence-electron chi connectivity index (χ4n) is 0.787. The maximum absolute atomic E-state index is 12.3. The summed E-state index contributed by atoms with van der Waals surface area (Å²) in [5.41, 5.74) is 0. The molecule has 0 aromatic rings. The highest BCUT2D eigenvalue weighted by Gasteiger charge is 2.16. The standard InChI is InChI=1S/C5H9BrFN/c6-5-2-1-4(7)3-8-5/h4-5,8H,1-3H2. The molecule has 3 heteroatoms. The van der Waals surface area contributed by atoms with E-state index in [1.165, 1.54) is 0 Å². The van der Waals surface area contributed by atoms with Gasteiger partial charge < -0.3 is 5.32 Å². The summed E-state index contributed by atoms with van der Waals surface area (Å²) in [4.78, 5) is 0.342. The predicted molar refractivity (Wildman–Crippen MR) is 34.8 cm³/mol. The molecule has 0 bridgehead atoms. The van der Waals surface area contributed by atoms with Crippen LogP contribution in [0.5, 0.6) is 0 Å². The van der Waals surface area contributed by atoms with Gasteiger partial charge in [0.05, 0.1) is 4.95 Å². The SMILES string of the molecule is FC1CCC(Br)NC1. The van der Waals surface area contributed by atoms with Crippen LogP contribution in [0.1, 0.15) is 12.8 Å². The van der Waals surface area contributed by atoms with Crippen molar-refractivity contribution in [3.8, 4) is 0 Å². The lowest BCUT2D eigenvalue weighted by Crippen LogP contribution is -2.35. The molecule has 0 saturated carbocycles. The van der Waals surface area contributed by atoms with E-state index in [2.05, 4.69) is 21.2 Å². The van der Waals surface area contributed by atoms with Crippen LogP contribution < -0.4 is 5.32 Å². The van der Waals surface area contributed by atoms with Gasteiger partial charge in [0.1, 0.15) is 6.17 Å². The summed E-state index contributed by atoms with van der Waals surface area (Å²) in [6, 6.07) is 0. The van der Waals surface area contributed by atoms with Crippen molar-refractivity contribution < 1.29 is 4.39 Å². The first kappa shape index (κ1) is 6.49. The summed E-state index contributed by atoms with van der Waals surface area (Å²) in [5.74, 6) is 0. The van der Waals surface area contributed by atoms with Gasteiger partial charge in [0, 0.05) is 6.54 Å². The first-order valence-corrected chi connectivity index (χ1v) is 3.72. The van der Waals surface area contributed by atoms with E-state index < -0.39 is 6.17 Å². The van der Waals surface area contributed by atoms with Crippen LogP contribution in [-0.4, -0.2) is 17.7 Å². The first-order chi connectivity index (χ1) is 3.79. The number of nitrogens with one attached hydrogen (secondary N) is 1. The van der Waals surface area contributed by atoms with Crippen molar-refractivity contribution in [2.24, 2.45) is 0 Å². The third kappa shape index (κ3) is 1.71. The van der Waals surface area contributed by atoms with Gasteiger partial charge in [0.15, 0.2) is 0 Å². The molecule has 48 valence electrons. The first-order valence-electron chi connectivity index (χ1n) is 2.80. The minimum Gasteiger partial charge on any atom is -0.302 e. The van der Waals surface area contributed by atoms with Crippen LogP contribution in [0.15, 0.2) is 0 Å². The highest BCUT2D eigenvalue weighted by atomic mass is 79.9. The average Bonchev–Trinajstić information content (AvgIpc) is 1.77. The maximum Gasteiger partial charge on any atom is 0.113 e. The lowest BCUT2D eigenvalue weighted by Gasteiger charge is -2.20. The van der Waals surface area contributed by atoms with E-state index >= 15 is 0 Å². The molecule has 0 amide bonds. The van der Waals surface area contributed by atoms with Gasteiger partial charge in [-0.25, -0.2) is 4.39 Å². The molecule has 1 aliphatic heterocycles. The van der Waals surface area contributed by atoms with E-state index in [0.717, 1.165) is 6.42 Å². The zero-order chi connectivity index (χ0) is 5.98. The Labute approximate surface area is 56.8 Å². The molecule has 0 spiro atoms. The fraction of sp³-hybridized carbons (Fsp3) is 1.00. The molecule has 1 saturated heterocycles. The second-order valence-electron chi connectivity index (χ2n) is 2.05. The molecule has 1 rings (SSSR count). The number of halogens is 2. The Morgan fingerprint density at radius 3 is 2.62 bits per heavy atom. The van der Waals surface area contributed by atoms with Gasteiger partial charge in [-0.15, -0.1) is 0 Å². The Hall–Kier alpha value is 0.370. The molecule has 0 radical (unpaired) electrons. The van der Waals surface area contributed by atoms with Gasteiger partial charge >= 0.3 is 0 Å². The van der Waals surface area contributed by atoms with Crippen LogP contribution in [0, 0.1) is 0 Å². The van der Waals surface area contributed by atoms with Gasteiger partial charge in [-0.05, 0) is 12.8 Å². The number of rotatable bonds is 0. The molecule has 2 atom stereocenters. The Balaban J connectivity index is 2.19. The number of alkyl halides is 2. The van der Waals surface area contributed by atoms with E-state index in [1.54, 1.807) is 0 Å². The monoisotopic (exact) mass is 181 g/mol. The third-order valence-electron chi connectivity index (χ3n) is 1.29. The van der Waals surface area contributed by atoms with Crippen molar-refractivity contribution in [2.75, 3.05) is 6.54 Å². The molecule has 1 N–H and O–H groups in total. The Kier molecular flexibility index (Phi) is 2.26. The minimum atomic E-state index is -0.621. The van der Waals surface area contributed by atoms with Gasteiger partial charge in [-0.1, -0.05) is 15.9 Å². The molecule has 1 aliphatic rings. The molecular formula is C5H9BrFN. The van der Waals surface area contributed by atoms with Gasteiger partial charge in [-0.2, -0.15) is 0 Å². The van der Waals surface area contributed by atoms with Crippen LogP contribution in [0.2, 0.25) is 0 Å². The molecule has 8 heavy (non-hydrogen) atoms. The summed E-state index contributed by atoms with van der Waals surface area (Å²) in [6.07, 6.45) is 0.980. The summed E-state index contributed by atoms with van der Waals surface area (Å²) < 4.78 is 12.3. The van der Waals surface area contributed by atoms with Gasteiger partial charge in [0.2, 0.25) is 0 Å². The van der Waals surface area contributed by atoms with E-state index in [4.69, 9.17) is 0 Å². The minimum absolute atomic E-state index is 0.342. The molecule has 0 aliphatic carbocycles. The van der Waals surface area contributed by atoms with Gasteiger partial charge in [0.25, 0.3) is 0 Å². The molecule has 0 aromatic carbocycles. The van der Waals surface area contributed by atoms with E-state index in [-0.39, 0.29) is 0 Å². The van der Waals surface area contributed by atoms with Crippen molar-refractivity contribution in [1.82, 2.24) is 5.32 Å². The lowest BCUT2D eigenvalue weighted by atomic mass is 10.1. The fourth-order valence-corrected chi connectivity index (χ4v) is 1.24. The Bertz CT molecular complexity index is 60.8. The molecule has 0 aromatic heterocycles. The smallest absolute Gasteiger partial charge is 0.113 e. The second-order valence-corrected chi connectivity index (χ2v) is 3.16. The summed E-state index contributed by atoms with van der Waals surface area (Å²) >= 11 is 3.34. The zero-order valence-electron chi connectivity index (χ0n) is 4.53. The van der Waals surface area contributed by atoms with Crippen molar-refractivity contribution in [1.29, 1.82) is 0 Å². The molecule has 1 nitrogen and oxygen atoms in total. The average molecular weight is 182 g/mol. The summed E-state index contributed by atoms with van der Waals surface area (Å²) in [6.45, 7) is 0.510. The molecule has 1 fully saturated rings. The number of piperidine rings is 1. The highest BCUT2D eigenvalue weighted by molar-refractivity contribution is 9.09. The second kappa shape index (κ2) is 2.78. The van der Waals surface area contributed by atoms with Crippen LogP contribution >= 0.6 is 15.9 Å². The summed E-state index contributed by atoms with van der Waals surface area (Å²) in [7, 11) is 0. The normalized spacial score (nSPS) is 39.8. The Morgan fingerprint density at radius 2 is 2.25 bits per heavy atom. The van der Waals surface area contributed by atoms with Crippen LogP contribution in [0.25, 0.3) is 0 Å². The topological polar surface area (TPSA) is 12.0 Å². The molecule has 2 unspecified atom stereocenters. The lowest BCUT2D eigenvalue weighted by molar-refractivity contribution is 0.260. The van der Waals surface area contributed by atoms with Gasteiger partial charge in [-0.3, -0.25) is 0 Å². The van der Waals surface area contributed by atoms with E-state index in [0.29, 0.717) is 17.9 Å². The molecular weight excluding hydrogens is 173 g/mol. The van der Waals surface area contributed by atoms with Crippen molar-refractivity contribution in [3.63, 3.8) is 0 Å². The maximum atomic E-state index is 12.3. The zero-order valence-corrected chi connectivity index (χ0v) is 6.12. The van der Waals surface area contributed by atoms with Crippen molar-refractivity contribution >= 4 is 15.9 Å². The third-order valence-corrected chi connectivity index (χ3v) is 2.08.